The molecule has 1 aliphatic heterocycles. The lowest BCUT2D eigenvalue weighted by Gasteiger charge is -2.29. The summed E-state index contributed by atoms with van der Waals surface area (Å²) in [6, 6.07) is 13.3. The van der Waals surface area contributed by atoms with Crippen LogP contribution < -0.4 is 5.32 Å². The Labute approximate surface area is 178 Å². The zero-order chi connectivity index (χ0) is 21.1. The van der Waals surface area contributed by atoms with Gasteiger partial charge in [0.1, 0.15) is 11.6 Å². The number of aliphatic carboxylic acids is 1. The first-order valence-corrected chi connectivity index (χ1v) is 10.6. The zero-order valence-electron chi connectivity index (χ0n) is 16.5. The monoisotopic (exact) mass is 422 g/mol. The van der Waals surface area contributed by atoms with Crippen molar-refractivity contribution in [2.24, 2.45) is 5.92 Å². The molecule has 0 bridgehead atoms. The predicted molar refractivity (Wildman–Crippen MR) is 116 cm³/mol. The molecule has 0 aromatic carbocycles. The molecule has 0 saturated carbocycles. The topological polar surface area (TPSA) is 95.4 Å². The van der Waals surface area contributed by atoms with Crippen LogP contribution in [0, 0.1) is 12.8 Å². The second-order valence-electron chi connectivity index (χ2n) is 7.32. The molecular weight excluding hydrogens is 400 g/mol. The molecular formula is C22H22N4O3S. The van der Waals surface area contributed by atoms with Crippen molar-refractivity contribution in [1.82, 2.24) is 14.9 Å². The number of aromatic nitrogens is 2. The number of hydrogen-bond donors (Lipinski definition) is 2. The largest absolute Gasteiger partial charge is 0.481 e. The summed E-state index contributed by atoms with van der Waals surface area (Å²) in [5.41, 5.74) is 1.89. The van der Waals surface area contributed by atoms with Gasteiger partial charge in [0, 0.05) is 19.3 Å². The van der Waals surface area contributed by atoms with Crippen LogP contribution in [-0.4, -0.2) is 44.9 Å². The van der Waals surface area contributed by atoms with Crippen molar-refractivity contribution in [3.63, 3.8) is 0 Å². The summed E-state index contributed by atoms with van der Waals surface area (Å²) >= 11 is 1.40. The van der Waals surface area contributed by atoms with E-state index in [1.807, 2.05) is 49.4 Å². The van der Waals surface area contributed by atoms with Crippen LogP contribution in [0.2, 0.25) is 0 Å². The fourth-order valence-corrected chi connectivity index (χ4v) is 4.40. The molecule has 0 unspecified atom stereocenters. The summed E-state index contributed by atoms with van der Waals surface area (Å²) in [7, 11) is 0. The van der Waals surface area contributed by atoms with Gasteiger partial charge in [-0.05, 0) is 61.7 Å². The van der Waals surface area contributed by atoms with E-state index in [0.29, 0.717) is 36.6 Å². The number of carboxylic acid groups (broad SMARTS) is 1. The van der Waals surface area contributed by atoms with Crippen molar-refractivity contribution in [1.29, 1.82) is 0 Å². The third-order valence-electron chi connectivity index (χ3n) is 5.12. The summed E-state index contributed by atoms with van der Waals surface area (Å²) in [6.07, 6.45) is 2.75. The van der Waals surface area contributed by atoms with Crippen molar-refractivity contribution in [2.75, 3.05) is 18.4 Å². The first-order chi connectivity index (χ1) is 14.5. The average Bonchev–Trinajstić information content (AvgIpc) is 3.24. The Morgan fingerprint density at radius 3 is 2.67 bits per heavy atom. The molecule has 0 aliphatic carbocycles. The molecule has 3 aromatic heterocycles. The molecule has 4 heterocycles. The minimum atomic E-state index is -0.777. The second kappa shape index (κ2) is 8.62. The van der Waals surface area contributed by atoms with Gasteiger partial charge in [0.25, 0.3) is 5.91 Å². The van der Waals surface area contributed by atoms with Gasteiger partial charge in [0.15, 0.2) is 0 Å². The maximum atomic E-state index is 12.8. The van der Waals surface area contributed by atoms with E-state index in [1.54, 1.807) is 11.1 Å². The summed E-state index contributed by atoms with van der Waals surface area (Å²) < 4.78 is 0. The fraction of sp³-hybridized carbons (Fsp3) is 0.273. The van der Waals surface area contributed by atoms with Crippen molar-refractivity contribution in [3.05, 3.63) is 59.1 Å². The summed E-state index contributed by atoms with van der Waals surface area (Å²) in [5, 5.41) is 12.3. The van der Waals surface area contributed by atoms with Gasteiger partial charge in [-0.2, -0.15) is 0 Å². The van der Waals surface area contributed by atoms with E-state index in [2.05, 4.69) is 15.3 Å². The molecule has 8 heteroatoms. The van der Waals surface area contributed by atoms with E-state index < -0.39 is 5.97 Å². The summed E-state index contributed by atoms with van der Waals surface area (Å²) in [4.78, 5) is 36.1. The van der Waals surface area contributed by atoms with Gasteiger partial charge in [-0.1, -0.05) is 6.07 Å². The van der Waals surface area contributed by atoms with E-state index in [9.17, 15) is 9.59 Å². The number of carbonyl (C=O) groups is 2. The smallest absolute Gasteiger partial charge is 0.306 e. The summed E-state index contributed by atoms with van der Waals surface area (Å²) in [5.74, 6) is 0.235. The fourth-order valence-electron chi connectivity index (χ4n) is 3.45. The van der Waals surface area contributed by atoms with Gasteiger partial charge >= 0.3 is 5.97 Å². The minimum Gasteiger partial charge on any atom is -0.481 e. The maximum Gasteiger partial charge on any atom is 0.306 e. The molecule has 7 nitrogen and oxygen atoms in total. The number of nitrogens with zero attached hydrogens (tertiary/aromatic N) is 3. The van der Waals surface area contributed by atoms with Gasteiger partial charge in [0.05, 0.1) is 21.4 Å². The van der Waals surface area contributed by atoms with E-state index in [1.165, 1.54) is 11.3 Å². The lowest BCUT2D eigenvalue weighted by Crippen LogP contribution is -2.39. The SMILES string of the molecule is Cc1ccnc(Nc2cccc(-c3ccc(C(=O)N4CCC(C(=O)O)CC4)s3)n2)c1. The number of aryl methyl sites for hydroxylation is 1. The Morgan fingerprint density at radius 2 is 1.93 bits per heavy atom. The minimum absolute atomic E-state index is 0.0478. The quantitative estimate of drug-likeness (QED) is 0.640. The number of thiophene rings is 1. The maximum absolute atomic E-state index is 12.8. The van der Waals surface area contributed by atoms with Crippen LogP contribution in [0.4, 0.5) is 11.6 Å². The molecule has 3 aromatic rings. The Bertz CT molecular complexity index is 1070. The Balaban J connectivity index is 1.46. The highest BCUT2D eigenvalue weighted by Gasteiger charge is 2.28. The Hall–Kier alpha value is -3.26. The van der Waals surface area contributed by atoms with E-state index >= 15 is 0 Å². The van der Waals surface area contributed by atoms with Crippen LogP contribution in [0.3, 0.4) is 0 Å². The van der Waals surface area contributed by atoms with Crippen molar-refractivity contribution in [3.8, 4) is 10.6 Å². The number of nitrogens with one attached hydrogen (secondary N) is 1. The number of pyridine rings is 2. The molecule has 0 radical (unpaired) electrons. The molecule has 0 spiro atoms. The molecule has 1 amide bonds. The van der Waals surface area contributed by atoms with Crippen molar-refractivity contribution in [2.45, 2.75) is 19.8 Å². The van der Waals surface area contributed by atoms with Crippen LogP contribution >= 0.6 is 11.3 Å². The average molecular weight is 423 g/mol. The first-order valence-electron chi connectivity index (χ1n) is 9.78. The molecule has 1 aliphatic rings. The molecule has 30 heavy (non-hydrogen) atoms. The standard InChI is InChI=1S/C22H22N4O3S/c1-14-7-10-23-20(13-14)25-19-4-2-3-16(24-19)17-5-6-18(30-17)21(27)26-11-8-15(9-12-26)22(28)29/h2-7,10,13,15H,8-9,11-12H2,1H3,(H,28,29)(H,23,24,25). The van der Waals surface area contributed by atoms with Crippen LogP contribution in [-0.2, 0) is 4.79 Å². The van der Waals surface area contributed by atoms with Crippen molar-refractivity contribution < 1.29 is 14.7 Å². The lowest BCUT2D eigenvalue weighted by molar-refractivity contribution is -0.143. The molecule has 154 valence electrons. The number of anilines is 2. The van der Waals surface area contributed by atoms with Gasteiger partial charge in [-0.15, -0.1) is 11.3 Å². The number of amides is 1. The number of rotatable bonds is 5. The number of hydrogen-bond acceptors (Lipinski definition) is 6. The molecule has 0 atom stereocenters. The zero-order valence-corrected chi connectivity index (χ0v) is 17.4. The predicted octanol–water partition coefficient (Wildman–Crippen LogP) is 4.19. The van der Waals surface area contributed by atoms with Crippen LogP contribution in [0.15, 0.2) is 48.7 Å². The number of likely N-dealkylation sites (tertiary alicyclic amines) is 1. The number of carbonyl (C=O) groups excluding carboxylic acids is 1. The van der Waals surface area contributed by atoms with Gasteiger partial charge in [-0.25, -0.2) is 9.97 Å². The molecule has 1 fully saturated rings. The number of piperidine rings is 1. The highest BCUT2D eigenvalue weighted by Crippen LogP contribution is 2.30. The van der Waals surface area contributed by atoms with Gasteiger partial charge < -0.3 is 15.3 Å². The molecule has 1 saturated heterocycles. The Morgan fingerprint density at radius 1 is 1.13 bits per heavy atom. The van der Waals surface area contributed by atoms with Crippen LogP contribution in [0.25, 0.3) is 10.6 Å². The Kier molecular flexibility index (Phi) is 5.76. The van der Waals surface area contributed by atoms with Crippen molar-refractivity contribution >= 4 is 34.8 Å². The molecule has 2 N–H and O–H groups in total. The van der Waals surface area contributed by atoms with Crippen LogP contribution in [0.1, 0.15) is 28.1 Å². The lowest BCUT2D eigenvalue weighted by atomic mass is 9.97. The third kappa shape index (κ3) is 4.49. The van der Waals surface area contributed by atoms with E-state index in [-0.39, 0.29) is 11.8 Å². The highest BCUT2D eigenvalue weighted by molar-refractivity contribution is 7.17. The van der Waals surface area contributed by atoms with E-state index in [0.717, 1.165) is 22.0 Å². The molecule has 4 rings (SSSR count). The van der Waals surface area contributed by atoms with E-state index in [4.69, 9.17) is 5.11 Å². The second-order valence-corrected chi connectivity index (χ2v) is 8.40. The van der Waals surface area contributed by atoms with Gasteiger partial charge in [0.2, 0.25) is 0 Å². The first kappa shape index (κ1) is 20.0. The van der Waals surface area contributed by atoms with Crippen LogP contribution in [0.5, 0.6) is 0 Å². The normalized spacial score (nSPS) is 14.5. The number of carboxylic acids is 1. The third-order valence-corrected chi connectivity index (χ3v) is 6.22. The van der Waals surface area contributed by atoms with Gasteiger partial charge in [-0.3, -0.25) is 9.59 Å². The highest BCUT2D eigenvalue weighted by atomic mass is 32.1. The summed E-state index contributed by atoms with van der Waals surface area (Å²) in [6.45, 7) is 2.96.